The van der Waals surface area contributed by atoms with Crippen LogP contribution < -0.4 is 10.6 Å². The van der Waals surface area contributed by atoms with Gasteiger partial charge in [0.25, 0.3) is 5.91 Å². The Morgan fingerprint density at radius 2 is 2.00 bits per heavy atom. The van der Waals surface area contributed by atoms with Gasteiger partial charge in [0, 0.05) is 22.8 Å². The van der Waals surface area contributed by atoms with Crippen molar-refractivity contribution in [1.29, 1.82) is 0 Å². The van der Waals surface area contributed by atoms with E-state index in [0.29, 0.717) is 11.8 Å². The van der Waals surface area contributed by atoms with Crippen molar-refractivity contribution in [3.63, 3.8) is 0 Å². The second-order valence-electron chi connectivity index (χ2n) is 5.67. The Morgan fingerprint density at radius 3 is 2.59 bits per heavy atom. The lowest BCUT2D eigenvalue weighted by Crippen LogP contribution is -2.35. The first-order valence-electron chi connectivity index (χ1n) is 7.79. The van der Waals surface area contributed by atoms with Crippen molar-refractivity contribution in [2.24, 2.45) is 4.99 Å². The fourth-order valence-corrected chi connectivity index (χ4v) is 2.34. The number of alkyl halides is 3. The van der Waals surface area contributed by atoms with Crippen LogP contribution in [-0.4, -0.2) is 27.2 Å². The van der Waals surface area contributed by atoms with E-state index < -0.39 is 29.4 Å². The summed E-state index contributed by atoms with van der Waals surface area (Å²) in [5.41, 5.74) is -0.628. The summed E-state index contributed by atoms with van der Waals surface area (Å²) in [6.07, 6.45) is -4.66. The molecule has 0 fully saturated rings. The highest BCUT2D eigenvalue weighted by molar-refractivity contribution is 6.31. The van der Waals surface area contributed by atoms with Crippen molar-refractivity contribution in [2.75, 3.05) is 5.32 Å². The van der Waals surface area contributed by atoms with Gasteiger partial charge >= 0.3 is 6.18 Å². The highest BCUT2D eigenvalue weighted by Gasteiger charge is 2.33. The fraction of sp³-hybridized carbons (Fsp3) is 0.125. The molecular formula is C16H11ClF4N6O2. The van der Waals surface area contributed by atoms with E-state index in [1.165, 1.54) is 12.1 Å². The first kappa shape index (κ1) is 20.3. The van der Waals surface area contributed by atoms with Crippen molar-refractivity contribution >= 4 is 35.0 Å². The molecule has 0 saturated heterocycles. The van der Waals surface area contributed by atoms with Crippen LogP contribution in [0.1, 0.15) is 21.9 Å². The third-order valence-electron chi connectivity index (χ3n) is 3.31. The molecule has 13 heteroatoms. The number of amides is 1. The predicted octanol–water partition coefficient (Wildman–Crippen LogP) is 4.05. The van der Waals surface area contributed by atoms with E-state index in [1.54, 1.807) is 12.0 Å². The average molecular weight is 431 g/mol. The van der Waals surface area contributed by atoms with Crippen LogP contribution in [-0.2, 0) is 6.18 Å². The molecule has 0 saturated carbocycles. The van der Waals surface area contributed by atoms with Crippen molar-refractivity contribution in [3.05, 3.63) is 58.3 Å². The average Bonchev–Trinajstić information content (AvgIpc) is 3.22. The molecule has 0 aliphatic carbocycles. The summed E-state index contributed by atoms with van der Waals surface area (Å²) < 4.78 is 56.6. The SMILES string of the molecule is Cc1cc(C(=O)NC(=Nc2cc(C(F)(F)F)[nH]n2)Nc2cc(F)cc(Cl)c2)on1. The van der Waals surface area contributed by atoms with Crippen molar-refractivity contribution in [1.82, 2.24) is 20.7 Å². The normalized spacial score (nSPS) is 12.1. The molecule has 0 bridgehead atoms. The molecule has 0 unspecified atom stereocenters. The lowest BCUT2D eigenvalue weighted by molar-refractivity contribution is -0.141. The number of carbonyl (C=O) groups is 1. The second-order valence-corrected chi connectivity index (χ2v) is 6.10. The molecule has 2 heterocycles. The summed E-state index contributed by atoms with van der Waals surface area (Å²) in [5.74, 6) is -2.41. The number of anilines is 1. The number of carbonyl (C=O) groups excluding carboxylic acids is 1. The van der Waals surface area contributed by atoms with Crippen molar-refractivity contribution < 1.29 is 26.9 Å². The Bertz CT molecular complexity index is 1060. The molecule has 1 amide bonds. The summed E-state index contributed by atoms with van der Waals surface area (Å²) >= 11 is 5.78. The summed E-state index contributed by atoms with van der Waals surface area (Å²) in [6, 6.07) is 5.37. The predicted molar refractivity (Wildman–Crippen MR) is 94.4 cm³/mol. The number of nitrogens with zero attached hydrogens (tertiary/aromatic N) is 3. The molecule has 3 rings (SSSR count). The largest absolute Gasteiger partial charge is 0.432 e. The van der Waals surface area contributed by atoms with E-state index in [4.69, 9.17) is 16.1 Å². The van der Waals surface area contributed by atoms with Gasteiger partial charge in [0.1, 0.15) is 11.5 Å². The topological polar surface area (TPSA) is 108 Å². The van der Waals surface area contributed by atoms with E-state index >= 15 is 0 Å². The first-order chi connectivity index (χ1) is 13.6. The van der Waals surface area contributed by atoms with Crippen LogP contribution in [0.5, 0.6) is 0 Å². The van der Waals surface area contributed by atoms with Gasteiger partial charge in [-0.3, -0.25) is 15.2 Å². The zero-order chi connectivity index (χ0) is 21.2. The zero-order valence-electron chi connectivity index (χ0n) is 14.4. The molecule has 8 nitrogen and oxygen atoms in total. The second kappa shape index (κ2) is 7.91. The molecule has 29 heavy (non-hydrogen) atoms. The Kier molecular flexibility index (Phi) is 5.55. The van der Waals surface area contributed by atoms with Gasteiger partial charge in [-0.05, 0) is 25.1 Å². The third-order valence-corrected chi connectivity index (χ3v) is 3.52. The molecule has 1 aromatic carbocycles. The van der Waals surface area contributed by atoms with Crippen molar-refractivity contribution in [2.45, 2.75) is 13.1 Å². The number of aliphatic imine (C=N–C) groups is 1. The van der Waals surface area contributed by atoms with E-state index in [0.717, 1.165) is 12.1 Å². The van der Waals surface area contributed by atoms with E-state index in [9.17, 15) is 22.4 Å². The van der Waals surface area contributed by atoms with E-state index in [1.807, 2.05) is 0 Å². The molecule has 3 aromatic rings. The Balaban J connectivity index is 1.91. The molecule has 0 atom stereocenters. The number of H-pyrrole nitrogens is 1. The molecule has 0 aliphatic heterocycles. The minimum Gasteiger partial charge on any atom is -0.351 e. The zero-order valence-corrected chi connectivity index (χ0v) is 15.2. The molecule has 3 N–H and O–H groups in total. The van der Waals surface area contributed by atoms with Gasteiger partial charge in [-0.15, -0.1) is 0 Å². The van der Waals surface area contributed by atoms with Crippen molar-refractivity contribution in [3.8, 4) is 0 Å². The highest BCUT2D eigenvalue weighted by Crippen LogP contribution is 2.29. The van der Waals surface area contributed by atoms with Gasteiger partial charge in [0.05, 0.1) is 5.69 Å². The van der Waals surface area contributed by atoms with Gasteiger partial charge in [-0.25, -0.2) is 4.39 Å². The van der Waals surface area contributed by atoms with Crippen LogP contribution in [0.4, 0.5) is 29.1 Å². The number of nitrogens with one attached hydrogen (secondary N) is 3. The Labute approximate surface area is 164 Å². The maximum Gasteiger partial charge on any atom is 0.432 e. The highest BCUT2D eigenvalue weighted by atomic mass is 35.5. The van der Waals surface area contributed by atoms with Crippen LogP contribution in [0.3, 0.4) is 0 Å². The standard InChI is InChI=1S/C16H11ClF4N6O2/c1-7-2-11(29-27-7)14(28)24-15(22-10-4-8(17)3-9(18)5-10)23-13-6-12(25-26-13)16(19,20)21/h2-6H,1H3,(H3,22,23,24,25,26,28). The molecule has 0 radical (unpaired) electrons. The number of hydrogen-bond donors (Lipinski definition) is 3. The number of aryl methyl sites for hydroxylation is 1. The van der Waals surface area contributed by atoms with Crippen LogP contribution in [0.15, 0.2) is 39.8 Å². The lowest BCUT2D eigenvalue weighted by atomic mass is 10.3. The third kappa shape index (κ3) is 5.31. The first-order valence-corrected chi connectivity index (χ1v) is 8.17. The van der Waals surface area contributed by atoms with Gasteiger partial charge < -0.3 is 9.84 Å². The molecule has 0 spiro atoms. The van der Waals surface area contributed by atoms with Crippen LogP contribution in [0.2, 0.25) is 5.02 Å². The number of guanidine groups is 1. The summed E-state index contributed by atoms with van der Waals surface area (Å²) in [5, 5.41) is 13.7. The minimum absolute atomic E-state index is 0.0446. The lowest BCUT2D eigenvalue weighted by Gasteiger charge is -2.10. The number of hydrogen-bond acceptors (Lipinski definition) is 5. The van der Waals surface area contributed by atoms with Crippen LogP contribution in [0, 0.1) is 12.7 Å². The molecule has 0 aliphatic rings. The quantitative estimate of drug-likeness (QED) is 0.330. The summed E-state index contributed by atoms with van der Waals surface area (Å²) in [4.78, 5) is 16.1. The maximum atomic E-state index is 13.6. The van der Waals surface area contributed by atoms with Gasteiger partial charge in [0.2, 0.25) is 11.7 Å². The monoisotopic (exact) mass is 430 g/mol. The molecule has 152 valence electrons. The Morgan fingerprint density at radius 1 is 1.24 bits per heavy atom. The number of aromatic amines is 1. The van der Waals surface area contributed by atoms with E-state index in [-0.39, 0.29) is 22.4 Å². The smallest absolute Gasteiger partial charge is 0.351 e. The number of rotatable bonds is 3. The van der Waals surface area contributed by atoms with Gasteiger partial charge in [-0.1, -0.05) is 16.8 Å². The van der Waals surface area contributed by atoms with Gasteiger partial charge in [0.15, 0.2) is 5.82 Å². The van der Waals surface area contributed by atoms with Crippen LogP contribution in [0.25, 0.3) is 0 Å². The number of aromatic nitrogens is 3. The number of benzene rings is 1. The maximum absolute atomic E-state index is 13.6. The summed E-state index contributed by atoms with van der Waals surface area (Å²) in [7, 11) is 0. The number of halogens is 5. The summed E-state index contributed by atoms with van der Waals surface area (Å²) in [6.45, 7) is 1.59. The van der Waals surface area contributed by atoms with E-state index in [2.05, 4.69) is 25.9 Å². The Hall–Kier alpha value is -3.41. The van der Waals surface area contributed by atoms with Gasteiger partial charge in [-0.2, -0.15) is 23.3 Å². The fourth-order valence-electron chi connectivity index (χ4n) is 2.12. The molecule has 2 aromatic heterocycles. The van der Waals surface area contributed by atoms with Crippen LogP contribution >= 0.6 is 11.6 Å². The minimum atomic E-state index is -4.66. The molecular weight excluding hydrogens is 420 g/mol.